The van der Waals surface area contributed by atoms with E-state index in [1.165, 1.54) is 10.6 Å². The van der Waals surface area contributed by atoms with Crippen LogP contribution in [0.25, 0.3) is 22.2 Å². The zero-order chi connectivity index (χ0) is 20.4. The number of halogens is 1. The first-order chi connectivity index (χ1) is 13.1. The van der Waals surface area contributed by atoms with Crippen molar-refractivity contribution in [1.82, 2.24) is 9.55 Å². The normalized spacial score (nSPS) is 16.0. The number of carbonyl (C=O) groups is 1. The minimum atomic E-state index is -1.22. The summed E-state index contributed by atoms with van der Waals surface area (Å²) in [6.45, 7) is 6.39. The Labute approximate surface area is 167 Å². The average molecular weight is 397 g/mol. The van der Waals surface area contributed by atoms with Crippen molar-refractivity contribution >= 4 is 28.3 Å². The molecule has 2 heterocycles. The second-order valence-electron chi connectivity index (χ2n) is 8.43. The summed E-state index contributed by atoms with van der Waals surface area (Å²) >= 11 is 6.47. The van der Waals surface area contributed by atoms with E-state index in [-0.39, 0.29) is 16.9 Å². The third-order valence-corrected chi connectivity index (χ3v) is 5.99. The lowest BCUT2D eigenvalue weighted by Crippen LogP contribution is -2.33. The molecule has 0 unspecified atom stereocenters. The molecule has 1 atom stereocenters. The quantitative estimate of drug-likeness (QED) is 0.608. The first-order valence-electron chi connectivity index (χ1n) is 9.16. The van der Waals surface area contributed by atoms with Crippen LogP contribution in [0.15, 0.2) is 35.1 Å². The maximum atomic E-state index is 12.7. The molecule has 0 spiro atoms. The van der Waals surface area contributed by atoms with Crippen molar-refractivity contribution in [3.05, 3.63) is 62.5 Å². The molecule has 28 heavy (non-hydrogen) atoms. The van der Waals surface area contributed by atoms with Gasteiger partial charge in [-0.3, -0.25) is 4.79 Å². The Morgan fingerprint density at radius 2 is 1.89 bits per heavy atom. The van der Waals surface area contributed by atoms with Crippen LogP contribution in [0.1, 0.15) is 48.2 Å². The summed E-state index contributed by atoms with van der Waals surface area (Å²) in [6, 6.07) is 9.39. The topological polar surface area (TPSA) is 72.2 Å². The van der Waals surface area contributed by atoms with Crippen LogP contribution in [0.2, 0.25) is 5.15 Å². The number of pyridine rings is 2. The molecule has 0 fully saturated rings. The number of carboxylic acid groups (broad SMARTS) is 1. The van der Waals surface area contributed by atoms with E-state index in [0.29, 0.717) is 23.0 Å². The third-order valence-electron chi connectivity index (χ3n) is 5.70. The molecule has 6 heteroatoms. The van der Waals surface area contributed by atoms with Gasteiger partial charge in [0, 0.05) is 12.4 Å². The van der Waals surface area contributed by atoms with Crippen molar-refractivity contribution in [1.29, 1.82) is 0 Å². The number of nitrogens with zero attached hydrogens (tertiary/aromatic N) is 2. The highest BCUT2D eigenvalue weighted by molar-refractivity contribution is 6.34. The molecule has 0 saturated heterocycles. The number of aromatic carboxylic acids is 1. The van der Waals surface area contributed by atoms with Crippen molar-refractivity contribution in [2.24, 2.45) is 12.5 Å². The van der Waals surface area contributed by atoms with Crippen molar-refractivity contribution in [2.45, 2.75) is 33.1 Å². The molecule has 0 amide bonds. The number of hydrogen-bond acceptors (Lipinski definition) is 3. The van der Waals surface area contributed by atoms with Gasteiger partial charge in [-0.15, -0.1) is 0 Å². The van der Waals surface area contributed by atoms with Gasteiger partial charge in [0.1, 0.15) is 10.7 Å². The fourth-order valence-corrected chi connectivity index (χ4v) is 4.49. The number of hydrogen-bond donors (Lipinski definition) is 1. The zero-order valence-corrected chi connectivity index (χ0v) is 17.0. The number of benzene rings is 1. The summed E-state index contributed by atoms with van der Waals surface area (Å²) in [5.41, 5.74) is 2.30. The molecule has 1 N–H and O–H groups in total. The molecule has 144 valence electrons. The van der Waals surface area contributed by atoms with E-state index in [2.05, 4.69) is 25.8 Å². The highest BCUT2D eigenvalue weighted by Gasteiger charge is 2.37. The summed E-state index contributed by atoms with van der Waals surface area (Å²) in [7, 11) is 1.60. The molecular formula is C22H21ClN2O3. The van der Waals surface area contributed by atoms with E-state index >= 15 is 0 Å². The lowest BCUT2D eigenvalue weighted by atomic mass is 9.69. The summed E-state index contributed by atoms with van der Waals surface area (Å²) in [5.74, 6) is -1.18. The molecule has 1 aliphatic rings. The van der Waals surface area contributed by atoms with Crippen LogP contribution in [-0.4, -0.2) is 20.6 Å². The second kappa shape index (κ2) is 6.17. The van der Waals surface area contributed by atoms with Gasteiger partial charge in [-0.2, -0.15) is 0 Å². The first-order valence-corrected chi connectivity index (χ1v) is 9.53. The predicted molar refractivity (Wildman–Crippen MR) is 110 cm³/mol. The second-order valence-corrected chi connectivity index (χ2v) is 8.79. The number of aromatic nitrogens is 2. The van der Waals surface area contributed by atoms with Crippen LogP contribution >= 0.6 is 11.6 Å². The monoisotopic (exact) mass is 396 g/mol. The smallest absolute Gasteiger partial charge is 0.341 e. The van der Waals surface area contributed by atoms with E-state index in [4.69, 9.17) is 11.6 Å². The van der Waals surface area contributed by atoms with Gasteiger partial charge in [-0.05, 0) is 40.3 Å². The summed E-state index contributed by atoms with van der Waals surface area (Å²) < 4.78 is 1.41. The van der Waals surface area contributed by atoms with Crippen LogP contribution < -0.4 is 5.56 Å². The largest absolute Gasteiger partial charge is 0.477 e. The average Bonchev–Trinajstić information content (AvgIpc) is 2.63. The number of fused-ring (bicyclic) bond motifs is 5. The van der Waals surface area contributed by atoms with Crippen LogP contribution in [0.4, 0.5) is 0 Å². The standard InChI is InChI=1S/C22H21ClN2O3/c1-22(2,3)16-10-13-11-7-5-6-8-12(11)19(23)24-17(13)18-14(16)9-15(21(27)28)20(26)25(18)4/h5-9,16H,10H2,1-4H3,(H,27,28)/t16-/m0/s1. The lowest BCUT2D eigenvalue weighted by molar-refractivity contribution is 0.0694. The summed E-state index contributed by atoms with van der Waals surface area (Å²) in [6.07, 6.45) is 0.702. The maximum Gasteiger partial charge on any atom is 0.341 e. The van der Waals surface area contributed by atoms with Gasteiger partial charge in [0.05, 0.1) is 11.4 Å². The fourth-order valence-electron chi connectivity index (χ4n) is 4.24. The highest BCUT2D eigenvalue weighted by atomic mass is 35.5. The molecule has 0 aliphatic heterocycles. The van der Waals surface area contributed by atoms with Crippen LogP contribution in [-0.2, 0) is 13.5 Å². The van der Waals surface area contributed by atoms with Crippen LogP contribution in [0.5, 0.6) is 0 Å². The molecule has 2 aromatic heterocycles. The summed E-state index contributed by atoms with van der Waals surface area (Å²) in [4.78, 5) is 29.0. The maximum absolute atomic E-state index is 12.7. The van der Waals surface area contributed by atoms with Gasteiger partial charge >= 0.3 is 5.97 Å². The molecule has 3 aromatic rings. The molecule has 1 aliphatic carbocycles. The van der Waals surface area contributed by atoms with E-state index < -0.39 is 11.5 Å². The van der Waals surface area contributed by atoms with Gasteiger partial charge in [0.15, 0.2) is 0 Å². The Balaban J connectivity index is 2.18. The minimum Gasteiger partial charge on any atom is -0.477 e. The molecule has 5 nitrogen and oxygen atoms in total. The molecule has 4 rings (SSSR count). The fraction of sp³-hybridized carbons (Fsp3) is 0.318. The Bertz CT molecular complexity index is 1210. The van der Waals surface area contributed by atoms with Gasteiger partial charge in [-0.1, -0.05) is 56.6 Å². The minimum absolute atomic E-state index is 0.0336. The van der Waals surface area contributed by atoms with Gasteiger partial charge in [0.25, 0.3) is 5.56 Å². The third kappa shape index (κ3) is 2.65. The predicted octanol–water partition coefficient (Wildman–Crippen LogP) is 4.64. The summed E-state index contributed by atoms with van der Waals surface area (Å²) in [5, 5.41) is 11.8. The SMILES string of the molecule is Cn1c2c(cc(C(=O)O)c1=O)[C@@H](C(C)(C)C)Cc1c-2nc(Cl)c2ccccc12. The Morgan fingerprint density at radius 1 is 1.25 bits per heavy atom. The Kier molecular flexibility index (Phi) is 4.12. The molecule has 0 saturated carbocycles. The van der Waals surface area contributed by atoms with E-state index in [1.807, 2.05) is 24.3 Å². The van der Waals surface area contributed by atoms with Crippen molar-refractivity contribution in [3.8, 4) is 11.4 Å². The molecule has 0 radical (unpaired) electrons. The van der Waals surface area contributed by atoms with Gasteiger partial charge in [-0.25, -0.2) is 9.78 Å². The number of rotatable bonds is 1. The number of carboxylic acids is 1. The van der Waals surface area contributed by atoms with E-state index in [1.54, 1.807) is 7.05 Å². The highest BCUT2D eigenvalue weighted by Crippen LogP contribution is 2.48. The molecule has 1 aromatic carbocycles. The van der Waals surface area contributed by atoms with Gasteiger partial charge in [0.2, 0.25) is 0 Å². The first kappa shape index (κ1) is 18.7. The van der Waals surface area contributed by atoms with Crippen molar-refractivity contribution < 1.29 is 9.90 Å². The van der Waals surface area contributed by atoms with Crippen molar-refractivity contribution in [3.63, 3.8) is 0 Å². The Hall–Kier alpha value is -2.66. The van der Waals surface area contributed by atoms with Crippen molar-refractivity contribution in [2.75, 3.05) is 0 Å². The molecular weight excluding hydrogens is 376 g/mol. The van der Waals surface area contributed by atoms with E-state index in [9.17, 15) is 14.7 Å². The molecule has 0 bridgehead atoms. The Morgan fingerprint density at radius 3 is 2.50 bits per heavy atom. The van der Waals surface area contributed by atoms with Crippen LogP contribution in [0.3, 0.4) is 0 Å². The van der Waals surface area contributed by atoms with Gasteiger partial charge < -0.3 is 9.67 Å². The zero-order valence-electron chi connectivity index (χ0n) is 16.2. The van der Waals surface area contributed by atoms with Crippen LogP contribution in [0, 0.1) is 5.41 Å². The lowest BCUT2D eigenvalue weighted by Gasteiger charge is -2.37. The van der Waals surface area contributed by atoms with E-state index in [0.717, 1.165) is 21.9 Å².